The average molecular weight is 396 g/mol. The number of fused-ring (bicyclic) bond motifs is 1. The van der Waals surface area contributed by atoms with Crippen molar-refractivity contribution < 1.29 is 28.6 Å². The van der Waals surface area contributed by atoms with E-state index in [2.05, 4.69) is 5.32 Å². The van der Waals surface area contributed by atoms with Crippen LogP contribution in [-0.4, -0.2) is 44.8 Å². The molecule has 0 aliphatic carbocycles. The lowest BCUT2D eigenvalue weighted by Gasteiger charge is -2.17. The Balaban J connectivity index is 1.40. The Labute approximate surface area is 167 Å². The van der Waals surface area contributed by atoms with E-state index in [1.165, 1.54) is 7.11 Å². The molecule has 2 heterocycles. The maximum Gasteiger partial charge on any atom is 0.338 e. The second-order valence-electron chi connectivity index (χ2n) is 6.86. The fraction of sp³-hybridized carbons (Fsp3) is 0.286. The molecule has 1 fully saturated rings. The molecule has 1 atom stereocenters. The zero-order chi connectivity index (χ0) is 20.4. The lowest BCUT2D eigenvalue weighted by Crippen LogP contribution is -2.32. The topological polar surface area (TPSA) is 94.2 Å². The van der Waals surface area contributed by atoms with Crippen LogP contribution in [0, 0.1) is 5.92 Å². The maximum absolute atomic E-state index is 12.6. The standard InChI is InChI=1S/C21H20N2O6/c1-27-21(26)16-5-3-2-4-15(16)20(25)22-10-13-8-19(24)23(11-13)14-6-7-17-18(9-14)29-12-28-17/h2-7,9,13H,8,10-12H2,1H3,(H,22,25). The minimum absolute atomic E-state index is 0.0157. The summed E-state index contributed by atoms with van der Waals surface area (Å²) in [6.45, 7) is 0.979. The van der Waals surface area contributed by atoms with Gasteiger partial charge in [0.2, 0.25) is 12.7 Å². The van der Waals surface area contributed by atoms with Gasteiger partial charge in [-0.3, -0.25) is 9.59 Å². The van der Waals surface area contributed by atoms with Gasteiger partial charge in [-0.05, 0) is 24.3 Å². The van der Waals surface area contributed by atoms with Gasteiger partial charge in [0.25, 0.3) is 5.91 Å². The van der Waals surface area contributed by atoms with Crippen molar-refractivity contribution in [3.8, 4) is 11.5 Å². The van der Waals surface area contributed by atoms with Crippen molar-refractivity contribution in [1.29, 1.82) is 0 Å². The first-order valence-electron chi connectivity index (χ1n) is 9.22. The van der Waals surface area contributed by atoms with Crippen LogP contribution in [0.1, 0.15) is 27.1 Å². The third kappa shape index (κ3) is 3.73. The van der Waals surface area contributed by atoms with Crippen molar-refractivity contribution in [2.75, 3.05) is 31.9 Å². The minimum atomic E-state index is -0.569. The van der Waals surface area contributed by atoms with E-state index in [4.69, 9.17) is 14.2 Å². The third-order valence-electron chi connectivity index (χ3n) is 5.00. The zero-order valence-electron chi connectivity index (χ0n) is 15.8. The Kier molecular flexibility index (Phi) is 5.07. The molecular formula is C21H20N2O6. The summed E-state index contributed by atoms with van der Waals surface area (Å²) in [5.41, 5.74) is 1.19. The van der Waals surface area contributed by atoms with E-state index >= 15 is 0 Å². The van der Waals surface area contributed by atoms with Crippen molar-refractivity contribution in [2.45, 2.75) is 6.42 Å². The summed E-state index contributed by atoms with van der Waals surface area (Å²) in [5, 5.41) is 2.82. The van der Waals surface area contributed by atoms with Crippen LogP contribution in [0.2, 0.25) is 0 Å². The van der Waals surface area contributed by atoms with Crippen molar-refractivity contribution in [1.82, 2.24) is 5.32 Å². The second-order valence-corrected chi connectivity index (χ2v) is 6.86. The van der Waals surface area contributed by atoms with E-state index in [0.29, 0.717) is 31.0 Å². The molecule has 2 aromatic rings. The Morgan fingerprint density at radius 3 is 2.69 bits per heavy atom. The first-order chi connectivity index (χ1) is 14.1. The number of methoxy groups -OCH3 is 1. The molecule has 0 aromatic heterocycles. The van der Waals surface area contributed by atoms with E-state index in [0.717, 1.165) is 5.69 Å². The normalized spacial score (nSPS) is 17.3. The maximum atomic E-state index is 12.6. The molecule has 150 valence electrons. The molecule has 0 spiro atoms. The fourth-order valence-electron chi connectivity index (χ4n) is 3.52. The number of ether oxygens (including phenoxy) is 3. The molecular weight excluding hydrogens is 376 g/mol. The predicted molar refractivity (Wildman–Crippen MR) is 103 cm³/mol. The van der Waals surface area contributed by atoms with Gasteiger partial charge in [-0.25, -0.2) is 4.79 Å². The molecule has 0 bridgehead atoms. The van der Waals surface area contributed by atoms with Crippen LogP contribution in [0.3, 0.4) is 0 Å². The molecule has 2 aromatic carbocycles. The van der Waals surface area contributed by atoms with Crippen molar-refractivity contribution in [3.05, 3.63) is 53.6 Å². The van der Waals surface area contributed by atoms with E-state index in [1.807, 2.05) is 6.07 Å². The predicted octanol–water partition coefficient (Wildman–Crippen LogP) is 1.98. The van der Waals surface area contributed by atoms with Gasteiger partial charge in [-0.1, -0.05) is 12.1 Å². The first kappa shape index (κ1) is 18.8. The van der Waals surface area contributed by atoms with E-state index in [-0.39, 0.29) is 35.7 Å². The van der Waals surface area contributed by atoms with Crippen LogP contribution >= 0.6 is 0 Å². The molecule has 1 unspecified atom stereocenters. The minimum Gasteiger partial charge on any atom is -0.465 e. The summed E-state index contributed by atoms with van der Waals surface area (Å²) in [7, 11) is 1.27. The highest BCUT2D eigenvalue weighted by molar-refractivity contribution is 6.05. The van der Waals surface area contributed by atoms with Crippen LogP contribution in [0.25, 0.3) is 0 Å². The number of hydrogen-bond donors (Lipinski definition) is 1. The van der Waals surface area contributed by atoms with Gasteiger partial charge in [0.05, 0.1) is 18.2 Å². The number of nitrogens with zero attached hydrogens (tertiary/aromatic N) is 1. The molecule has 29 heavy (non-hydrogen) atoms. The molecule has 1 saturated heterocycles. The van der Waals surface area contributed by atoms with Gasteiger partial charge in [-0.15, -0.1) is 0 Å². The molecule has 0 saturated carbocycles. The van der Waals surface area contributed by atoms with Crippen LogP contribution in [0.4, 0.5) is 5.69 Å². The lowest BCUT2D eigenvalue weighted by atomic mass is 10.1. The van der Waals surface area contributed by atoms with Crippen LogP contribution < -0.4 is 19.7 Å². The third-order valence-corrected chi connectivity index (χ3v) is 5.00. The largest absolute Gasteiger partial charge is 0.465 e. The summed E-state index contributed by atoms with van der Waals surface area (Å²) in [6, 6.07) is 11.8. The number of amides is 2. The monoisotopic (exact) mass is 396 g/mol. The highest BCUT2D eigenvalue weighted by Gasteiger charge is 2.32. The van der Waals surface area contributed by atoms with Crippen molar-refractivity contribution in [2.24, 2.45) is 5.92 Å². The molecule has 4 rings (SSSR count). The second kappa shape index (κ2) is 7.83. The van der Waals surface area contributed by atoms with Crippen molar-refractivity contribution >= 4 is 23.5 Å². The Morgan fingerprint density at radius 1 is 1.14 bits per heavy atom. The Morgan fingerprint density at radius 2 is 1.90 bits per heavy atom. The van der Waals surface area contributed by atoms with Gasteiger partial charge in [0, 0.05) is 37.2 Å². The fourth-order valence-corrected chi connectivity index (χ4v) is 3.52. The smallest absolute Gasteiger partial charge is 0.338 e. The number of carbonyl (C=O) groups excluding carboxylic acids is 3. The summed E-state index contributed by atoms with van der Waals surface area (Å²) in [6.07, 6.45) is 0.327. The Hall–Kier alpha value is -3.55. The van der Waals surface area contributed by atoms with E-state index in [1.54, 1.807) is 41.3 Å². The number of rotatable bonds is 5. The summed E-state index contributed by atoms with van der Waals surface area (Å²) in [4.78, 5) is 38.5. The van der Waals surface area contributed by atoms with Gasteiger partial charge in [-0.2, -0.15) is 0 Å². The quantitative estimate of drug-likeness (QED) is 0.777. The molecule has 0 radical (unpaired) electrons. The van der Waals surface area contributed by atoms with Crippen molar-refractivity contribution in [3.63, 3.8) is 0 Å². The van der Waals surface area contributed by atoms with Gasteiger partial charge in [0.1, 0.15) is 0 Å². The van der Waals surface area contributed by atoms with Gasteiger partial charge in [0.15, 0.2) is 11.5 Å². The van der Waals surface area contributed by atoms with Crippen LogP contribution in [-0.2, 0) is 9.53 Å². The highest BCUT2D eigenvalue weighted by atomic mass is 16.7. The molecule has 2 amide bonds. The number of hydrogen-bond acceptors (Lipinski definition) is 6. The molecule has 8 nitrogen and oxygen atoms in total. The lowest BCUT2D eigenvalue weighted by molar-refractivity contribution is -0.117. The van der Waals surface area contributed by atoms with Gasteiger partial charge < -0.3 is 24.4 Å². The number of nitrogens with one attached hydrogen (secondary N) is 1. The Bertz CT molecular complexity index is 973. The molecule has 1 N–H and O–H groups in total. The van der Waals surface area contributed by atoms with Gasteiger partial charge >= 0.3 is 5.97 Å². The van der Waals surface area contributed by atoms with Crippen LogP contribution in [0.15, 0.2) is 42.5 Å². The van der Waals surface area contributed by atoms with Crippen LogP contribution in [0.5, 0.6) is 11.5 Å². The first-order valence-corrected chi connectivity index (χ1v) is 9.22. The highest BCUT2D eigenvalue weighted by Crippen LogP contribution is 2.37. The zero-order valence-corrected chi connectivity index (χ0v) is 15.8. The summed E-state index contributed by atoms with van der Waals surface area (Å²) < 4.78 is 15.4. The average Bonchev–Trinajstić information content (AvgIpc) is 3.36. The SMILES string of the molecule is COC(=O)c1ccccc1C(=O)NCC1CC(=O)N(c2ccc3c(c2)OCO3)C1. The molecule has 2 aliphatic heterocycles. The van der Waals surface area contributed by atoms with E-state index < -0.39 is 5.97 Å². The molecule has 8 heteroatoms. The number of carbonyl (C=O) groups is 3. The summed E-state index contributed by atoms with van der Waals surface area (Å²) >= 11 is 0. The van der Waals surface area contributed by atoms with E-state index in [9.17, 15) is 14.4 Å². The number of esters is 1. The number of benzene rings is 2. The number of anilines is 1. The molecule has 2 aliphatic rings. The summed E-state index contributed by atoms with van der Waals surface area (Å²) in [5.74, 6) is 0.279.